The van der Waals surface area contributed by atoms with Crippen LogP contribution in [0.4, 0.5) is 5.69 Å². The summed E-state index contributed by atoms with van der Waals surface area (Å²) >= 11 is 0. The summed E-state index contributed by atoms with van der Waals surface area (Å²) in [6.07, 6.45) is 5.92. The quantitative estimate of drug-likeness (QED) is 0.406. The highest BCUT2D eigenvalue weighted by atomic mass is 32.2. The number of nitrogens with zero attached hydrogens (tertiary/aromatic N) is 4. The third-order valence-electron chi connectivity index (χ3n) is 6.26. The molecule has 0 radical (unpaired) electrons. The van der Waals surface area contributed by atoms with E-state index in [4.69, 9.17) is 4.74 Å². The van der Waals surface area contributed by atoms with Gasteiger partial charge in [0.05, 0.1) is 10.6 Å². The van der Waals surface area contributed by atoms with Crippen molar-refractivity contribution in [2.75, 3.05) is 4.72 Å². The van der Waals surface area contributed by atoms with Gasteiger partial charge >= 0.3 is 0 Å². The van der Waals surface area contributed by atoms with Crippen LogP contribution in [0.5, 0.6) is 11.6 Å². The maximum absolute atomic E-state index is 12.9. The van der Waals surface area contributed by atoms with Crippen LogP contribution in [0, 0.1) is 20.8 Å². The van der Waals surface area contributed by atoms with Crippen molar-refractivity contribution in [3.8, 4) is 17.4 Å². The van der Waals surface area contributed by atoms with E-state index < -0.39 is 10.0 Å². The van der Waals surface area contributed by atoms with Crippen LogP contribution < -0.4 is 9.46 Å². The first kappa shape index (κ1) is 23.0. The van der Waals surface area contributed by atoms with E-state index in [0.29, 0.717) is 29.0 Å². The second-order valence-corrected chi connectivity index (χ2v) is 10.4. The van der Waals surface area contributed by atoms with Gasteiger partial charge in [0.15, 0.2) is 0 Å². The van der Waals surface area contributed by atoms with Crippen LogP contribution in [0.2, 0.25) is 0 Å². The zero-order valence-electron chi connectivity index (χ0n) is 19.9. The summed E-state index contributed by atoms with van der Waals surface area (Å²) in [6.45, 7) is 5.72. The van der Waals surface area contributed by atoms with Crippen molar-refractivity contribution in [2.45, 2.75) is 51.3 Å². The number of aromatic nitrogens is 4. The smallest absolute Gasteiger partial charge is 0.261 e. The van der Waals surface area contributed by atoms with E-state index in [1.807, 2.05) is 24.5 Å². The lowest BCUT2D eigenvalue weighted by molar-refractivity contribution is 0.459. The molecule has 1 aliphatic carbocycles. The minimum atomic E-state index is -3.68. The number of ether oxygens (including phenoxy) is 1. The van der Waals surface area contributed by atoms with E-state index in [1.165, 1.54) is 5.56 Å². The molecule has 1 N–H and O–H groups in total. The first-order chi connectivity index (χ1) is 16.8. The van der Waals surface area contributed by atoms with Gasteiger partial charge in [-0.3, -0.25) is 9.29 Å². The summed E-state index contributed by atoms with van der Waals surface area (Å²) < 4.78 is 36.4. The summed E-state index contributed by atoms with van der Waals surface area (Å²) in [4.78, 5) is 13.5. The maximum atomic E-state index is 12.9. The number of hydrogen-bond acceptors (Lipinski definition) is 6. The van der Waals surface area contributed by atoms with Gasteiger partial charge in [0.2, 0.25) is 5.88 Å². The van der Waals surface area contributed by atoms with Crippen LogP contribution in [-0.4, -0.2) is 27.9 Å². The highest BCUT2D eigenvalue weighted by molar-refractivity contribution is 7.92. The van der Waals surface area contributed by atoms with Gasteiger partial charge in [0, 0.05) is 17.4 Å². The number of sulfonamides is 1. The van der Waals surface area contributed by atoms with Gasteiger partial charge in [-0.25, -0.2) is 18.4 Å². The number of anilines is 1. The third kappa shape index (κ3) is 4.90. The Morgan fingerprint density at radius 2 is 1.66 bits per heavy atom. The fraction of sp³-hybridized carbons (Fsp3) is 0.269. The molecular formula is C26H27N5O3S. The topological polar surface area (TPSA) is 99.0 Å². The molecule has 0 saturated heterocycles. The molecule has 0 spiro atoms. The number of benzene rings is 2. The molecule has 8 nitrogen and oxygen atoms in total. The van der Waals surface area contributed by atoms with E-state index in [1.54, 1.807) is 55.7 Å². The standard InChI is InChI=1S/C26H27N5O3S/c1-17-18(2)31(16-27-17)25-15-26(29-19(3)28-25)34-23-11-9-22(10-12-23)30-35(32,33)24-13-8-20-6-4-5-7-21(20)14-24/h8-16,30H,4-7H2,1-3H3. The second-order valence-electron chi connectivity index (χ2n) is 8.77. The Hall–Kier alpha value is -3.72. The van der Waals surface area contributed by atoms with Gasteiger partial charge < -0.3 is 4.74 Å². The first-order valence-electron chi connectivity index (χ1n) is 11.6. The average molecular weight is 490 g/mol. The fourth-order valence-corrected chi connectivity index (χ4v) is 5.34. The maximum Gasteiger partial charge on any atom is 0.261 e. The molecular weight excluding hydrogens is 462 g/mol. The summed E-state index contributed by atoms with van der Waals surface area (Å²) in [5, 5.41) is 0. The molecule has 180 valence electrons. The molecule has 0 bridgehead atoms. The second kappa shape index (κ2) is 9.14. The summed E-state index contributed by atoms with van der Waals surface area (Å²) in [6, 6.07) is 13.9. The van der Waals surface area contributed by atoms with Crippen molar-refractivity contribution in [1.82, 2.24) is 19.5 Å². The van der Waals surface area contributed by atoms with Crippen LogP contribution in [0.15, 0.2) is 59.8 Å². The predicted molar refractivity (Wildman–Crippen MR) is 134 cm³/mol. The van der Waals surface area contributed by atoms with Gasteiger partial charge in [-0.1, -0.05) is 6.07 Å². The monoisotopic (exact) mass is 489 g/mol. The molecule has 1 aliphatic rings. The van der Waals surface area contributed by atoms with Gasteiger partial charge in [-0.2, -0.15) is 4.98 Å². The number of fused-ring (bicyclic) bond motifs is 1. The Morgan fingerprint density at radius 1 is 0.914 bits per heavy atom. The number of hydrogen-bond donors (Lipinski definition) is 1. The predicted octanol–water partition coefficient (Wildman–Crippen LogP) is 5.06. The summed E-state index contributed by atoms with van der Waals surface area (Å²) in [5.41, 5.74) is 4.75. The highest BCUT2D eigenvalue weighted by Crippen LogP contribution is 2.27. The number of imidazole rings is 1. The van der Waals surface area contributed by atoms with Crippen LogP contribution in [0.25, 0.3) is 5.82 Å². The van der Waals surface area contributed by atoms with E-state index in [9.17, 15) is 8.42 Å². The molecule has 2 aromatic carbocycles. The molecule has 35 heavy (non-hydrogen) atoms. The normalized spacial score (nSPS) is 13.3. The van der Waals surface area contributed by atoms with Gasteiger partial charge in [-0.15, -0.1) is 0 Å². The van der Waals surface area contributed by atoms with Crippen molar-refractivity contribution in [1.29, 1.82) is 0 Å². The van der Waals surface area contributed by atoms with Crippen LogP contribution in [0.1, 0.15) is 41.2 Å². The Bertz CT molecular complexity index is 1490. The fourth-order valence-electron chi connectivity index (χ4n) is 4.23. The van der Waals surface area contributed by atoms with Crippen LogP contribution >= 0.6 is 0 Å². The number of nitrogens with one attached hydrogen (secondary N) is 1. The molecule has 0 unspecified atom stereocenters. The molecule has 0 amide bonds. The van der Waals surface area contributed by atoms with Gasteiger partial charge in [0.25, 0.3) is 10.0 Å². The molecule has 0 saturated carbocycles. The SMILES string of the molecule is Cc1nc(Oc2ccc(NS(=O)(=O)c3ccc4c(c3)CCCC4)cc2)cc(-n2cnc(C)c2C)n1. The number of aryl methyl sites for hydroxylation is 4. The Kier molecular flexibility index (Phi) is 6.02. The molecule has 2 heterocycles. The Balaban J connectivity index is 1.32. The van der Waals surface area contributed by atoms with Crippen molar-refractivity contribution in [3.05, 3.63) is 83.2 Å². The molecule has 0 atom stereocenters. The largest absolute Gasteiger partial charge is 0.439 e. The lowest BCUT2D eigenvalue weighted by atomic mass is 9.92. The minimum Gasteiger partial charge on any atom is -0.439 e. The van der Waals surface area contributed by atoms with E-state index >= 15 is 0 Å². The Morgan fingerprint density at radius 3 is 2.37 bits per heavy atom. The van der Waals surface area contributed by atoms with Crippen LogP contribution in [0.3, 0.4) is 0 Å². The zero-order chi connectivity index (χ0) is 24.6. The van der Waals surface area contributed by atoms with Crippen molar-refractivity contribution >= 4 is 15.7 Å². The summed E-state index contributed by atoms with van der Waals surface area (Å²) in [7, 11) is -3.68. The molecule has 2 aromatic heterocycles. The molecule has 4 aromatic rings. The van der Waals surface area contributed by atoms with E-state index in [0.717, 1.165) is 42.6 Å². The lowest BCUT2D eigenvalue weighted by Gasteiger charge is -2.17. The minimum absolute atomic E-state index is 0.285. The molecule has 0 aliphatic heterocycles. The van der Waals surface area contributed by atoms with Gasteiger partial charge in [-0.05, 0) is 94.0 Å². The number of rotatable bonds is 6. The van der Waals surface area contributed by atoms with E-state index in [-0.39, 0.29) is 4.90 Å². The lowest BCUT2D eigenvalue weighted by Crippen LogP contribution is -2.14. The van der Waals surface area contributed by atoms with Crippen molar-refractivity contribution in [3.63, 3.8) is 0 Å². The van der Waals surface area contributed by atoms with Crippen molar-refractivity contribution < 1.29 is 13.2 Å². The third-order valence-corrected chi connectivity index (χ3v) is 7.64. The molecule has 9 heteroatoms. The van der Waals surface area contributed by atoms with Crippen LogP contribution in [-0.2, 0) is 22.9 Å². The summed E-state index contributed by atoms with van der Waals surface area (Å²) in [5.74, 6) is 2.16. The molecule has 0 fully saturated rings. The van der Waals surface area contributed by atoms with E-state index in [2.05, 4.69) is 19.7 Å². The van der Waals surface area contributed by atoms with Gasteiger partial charge in [0.1, 0.15) is 23.7 Å². The average Bonchev–Trinajstić information content (AvgIpc) is 3.17. The zero-order valence-corrected chi connectivity index (χ0v) is 20.8. The Labute approximate surface area is 205 Å². The highest BCUT2D eigenvalue weighted by Gasteiger charge is 2.18. The van der Waals surface area contributed by atoms with Crippen molar-refractivity contribution in [2.24, 2.45) is 0 Å². The first-order valence-corrected chi connectivity index (χ1v) is 13.1. The molecule has 5 rings (SSSR count).